The second kappa shape index (κ2) is 5.76. The molecule has 0 fully saturated rings. The number of halogens is 1. The Morgan fingerprint density at radius 1 is 1.53 bits per heavy atom. The molecule has 1 rings (SSSR count). The number of ketones is 1. The van der Waals surface area contributed by atoms with Crippen LogP contribution in [0.5, 0.6) is 5.75 Å². The van der Waals surface area contributed by atoms with Crippen LogP contribution < -0.4 is 4.74 Å². The van der Waals surface area contributed by atoms with Gasteiger partial charge in [-0.3, -0.25) is 4.79 Å². The minimum absolute atomic E-state index is 0.0516. The van der Waals surface area contributed by atoms with Gasteiger partial charge in [0.15, 0.2) is 5.78 Å². The van der Waals surface area contributed by atoms with Crippen LogP contribution in [0.2, 0.25) is 0 Å². The van der Waals surface area contributed by atoms with Crippen molar-refractivity contribution in [1.29, 1.82) is 0 Å². The number of carbonyl (C=O) groups excluding carboxylic acids is 1. The fourth-order valence-electron chi connectivity index (χ4n) is 1.22. The number of Topliss-reactive ketones (excluding diaryl/α,β-unsaturated/α-hetero) is 1. The van der Waals surface area contributed by atoms with E-state index in [1.165, 1.54) is 6.92 Å². The fraction of sp³-hybridized carbons (Fsp3) is 0.417. The summed E-state index contributed by atoms with van der Waals surface area (Å²) in [5, 5.41) is -0.574. The Kier molecular flexibility index (Phi) is 4.63. The second-order valence-electron chi connectivity index (χ2n) is 3.39. The quantitative estimate of drug-likeness (QED) is 0.720. The third-order valence-corrected chi connectivity index (χ3v) is 2.54. The minimum atomic E-state index is -0.574. The summed E-state index contributed by atoms with van der Waals surface area (Å²) in [6, 6.07) is 7.36. The molecule has 0 aliphatic rings. The highest BCUT2D eigenvalue weighted by Crippen LogP contribution is 2.24. The number of alkyl halides is 1. The highest BCUT2D eigenvalue weighted by atomic mass is 35.5. The predicted octanol–water partition coefficient (Wildman–Crippen LogP) is 3.34. The van der Waals surface area contributed by atoms with Crippen molar-refractivity contribution < 1.29 is 9.53 Å². The molecule has 1 aromatic rings. The molecule has 1 atom stereocenters. The van der Waals surface area contributed by atoms with Crippen LogP contribution in [0, 0.1) is 0 Å². The smallest absolute Gasteiger partial charge is 0.152 e. The zero-order valence-corrected chi connectivity index (χ0v) is 9.75. The first-order valence-corrected chi connectivity index (χ1v) is 5.46. The van der Waals surface area contributed by atoms with Gasteiger partial charge >= 0.3 is 0 Å². The lowest BCUT2D eigenvalue weighted by Gasteiger charge is -2.09. The molecular weight excluding hydrogens is 212 g/mol. The highest BCUT2D eigenvalue weighted by molar-refractivity contribution is 6.30. The molecule has 0 radical (unpaired) electrons. The molecule has 0 spiro atoms. The standard InChI is InChI=1S/C12H15ClO2/c1-3-7-15-11-6-4-5-10(8-11)12(13)9(2)14/h4-6,8,12H,3,7H2,1-2H3. The van der Waals surface area contributed by atoms with Gasteiger partial charge in [-0.15, -0.1) is 11.6 Å². The molecule has 0 saturated carbocycles. The van der Waals surface area contributed by atoms with E-state index in [1.807, 2.05) is 31.2 Å². The maximum atomic E-state index is 11.1. The summed E-state index contributed by atoms with van der Waals surface area (Å²) in [5.41, 5.74) is 0.790. The lowest BCUT2D eigenvalue weighted by molar-refractivity contribution is -0.116. The van der Waals surface area contributed by atoms with Crippen molar-refractivity contribution in [3.8, 4) is 5.75 Å². The van der Waals surface area contributed by atoms with Crippen molar-refractivity contribution in [3.63, 3.8) is 0 Å². The van der Waals surface area contributed by atoms with Crippen molar-refractivity contribution in [3.05, 3.63) is 29.8 Å². The summed E-state index contributed by atoms with van der Waals surface area (Å²) in [4.78, 5) is 11.1. The summed E-state index contributed by atoms with van der Waals surface area (Å²) in [6.07, 6.45) is 0.960. The van der Waals surface area contributed by atoms with Gasteiger partial charge in [0.05, 0.1) is 6.61 Å². The molecule has 0 aliphatic carbocycles. The number of hydrogen-bond donors (Lipinski definition) is 0. The van der Waals surface area contributed by atoms with Crippen molar-refractivity contribution >= 4 is 17.4 Å². The molecule has 82 valence electrons. The Morgan fingerprint density at radius 2 is 2.27 bits per heavy atom. The molecule has 1 aromatic carbocycles. The third kappa shape index (κ3) is 3.56. The Bertz CT molecular complexity index is 336. The van der Waals surface area contributed by atoms with E-state index in [2.05, 4.69) is 0 Å². The zero-order valence-electron chi connectivity index (χ0n) is 9.00. The van der Waals surface area contributed by atoms with E-state index < -0.39 is 5.38 Å². The third-order valence-electron chi connectivity index (χ3n) is 1.98. The predicted molar refractivity (Wildman–Crippen MR) is 61.5 cm³/mol. The Hall–Kier alpha value is -1.02. The number of rotatable bonds is 5. The number of ether oxygens (including phenoxy) is 1. The van der Waals surface area contributed by atoms with E-state index in [1.54, 1.807) is 0 Å². The lowest BCUT2D eigenvalue weighted by atomic mass is 10.1. The lowest BCUT2D eigenvalue weighted by Crippen LogP contribution is -2.02. The van der Waals surface area contributed by atoms with Gasteiger partial charge in [0.1, 0.15) is 11.1 Å². The molecule has 0 aromatic heterocycles. The molecule has 15 heavy (non-hydrogen) atoms. The molecule has 1 unspecified atom stereocenters. The molecule has 0 N–H and O–H groups in total. The SMILES string of the molecule is CCCOc1cccc(C(Cl)C(C)=O)c1. The van der Waals surface area contributed by atoms with Crippen LogP contribution in [0.3, 0.4) is 0 Å². The van der Waals surface area contributed by atoms with Crippen LogP contribution in [0.1, 0.15) is 31.2 Å². The van der Waals surface area contributed by atoms with Gasteiger partial charge in [-0.1, -0.05) is 19.1 Å². The highest BCUT2D eigenvalue weighted by Gasteiger charge is 2.13. The van der Waals surface area contributed by atoms with Crippen molar-refractivity contribution in [2.24, 2.45) is 0 Å². The maximum Gasteiger partial charge on any atom is 0.152 e. The van der Waals surface area contributed by atoms with Gasteiger partial charge in [0.2, 0.25) is 0 Å². The van der Waals surface area contributed by atoms with Gasteiger partial charge in [-0.05, 0) is 31.0 Å². The van der Waals surface area contributed by atoms with Gasteiger partial charge in [-0.25, -0.2) is 0 Å². The van der Waals surface area contributed by atoms with E-state index in [0.717, 1.165) is 17.7 Å². The minimum Gasteiger partial charge on any atom is -0.494 e. The molecule has 0 bridgehead atoms. The van der Waals surface area contributed by atoms with E-state index in [-0.39, 0.29) is 5.78 Å². The molecule has 0 amide bonds. The Labute approximate surface area is 95.2 Å². The topological polar surface area (TPSA) is 26.3 Å². The van der Waals surface area contributed by atoms with Crippen molar-refractivity contribution in [2.75, 3.05) is 6.61 Å². The van der Waals surface area contributed by atoms with E-state index in [4.69, 9.17) is 16.3 Å². The first kappa shape index (κ1) is 12.1. The summed E-state index contributed by atoms with van der Waals surface area (Å²) in [5.74, 6) is 0.713. The summed E-state index contributed by atoms with van der Waals surface area (Å²) in [6.45, 7) is 4.21. The number of benzene rings is 1. The van der Waals surface area contributed by atoms with Gasteiger partial charge in [0.25, 0.3) is 0 Å². The van der Waals surface area contributed by atoms with Crippen LogP contribution in [0.15, 0.2) is 24.3 Å². The number of carbonyl (C=O) groups is 1. The van der Waals surface area contributed by atoms with Crippen LogP contribution in [-0.4, -0.2) is 12.4 Å². The van der Waals surface area contributed by atoms with E-state index in [0.29, 0.717) is 6.61 Å². The van der Waals surface area contributed by atoms with Crippen LogP contribution >= 0.6 is 11.6 Å². The van der Waals surface area contributed by atoms with Crippen molar-refractivity contribution in [2.45, 2.75) is 25.6 Å². The summed E-state index contributed by atoms with van der Waals surface area (Å²) in [7, 11) is 0. The maximum absolute atomic E-state index is 11.1. The largest absolute Gasteiger partial charge is 0.494 e. The summed E-state index contributed by atoms with van der Waals surface area (Å²) >= 11 is 5.94. The molecular formula is C12H15ClO2. The average molecular weight is 227 g/mol. The van der Waals surface area contributed by atoms with Crippen molar-refractivity contribution in [1.82, 2.24) is 0 Å². The Balaban J connectivity index is 2.77. The molecule has 0 aliphatic heterocycles. The first-order chi connectivity index (χ1) is 7.15. The van der Waals surface area contributed by atoms with E-state index >= 15 is 0 Å². The van der Waals surface area contributed by atoms with Crippen LogP contribution in [0.4, 0.5) is 0 Å². The average Bonchev–Trinajstić information content (AvgIpc) is 2.25. The van der Waals surface area contributed by atoms with Crippen LogP contribution in [-0.2, 0) is 4.79 Å². The Morgan fingerprint density at radius 3 is 2.87 bits per heavy atom. The van der Waals surface area contributed by atoms with Crippen LogP contribution in [0.25, 0.3) is 0 Å². The van der Waals surface area contributed by atoms with E-state index in [9.17, 15) is 4.79 Å². The molecule has 0 heterocycles. The monoisotopic (exact) mass is 226 g/mol. The number of hydrogen-bond acceptors (Lipinski definition) is 2. The summed E-state index contributed by atoms with van der Waals surface area (Å²) < 4.78 is 5.46. The first-order valence-electron chi connectivity index (χ1n) is 5.02. The van der Waals surface area contributed by atoms with Gasteiger partial charge in [0, 0.05) is 0 Å². The fourth-order valence-corrected chi connectivity index (χ4v) is 1.35. The normalized spacial score (nSPS) is 12.2. The van der Waals surface area contributed by atoms with Gasteiger partial charge in [-0.2, -0.15) is 0 Å². The molecule has 2 nitrogen and oxygen atoms in total. The second-order valence-corrected chi connectivity index (χ2v) is 3.83. The zero-order chi connectivity index (χ0) is 11.3. The molecule has 3 heteroatoms. The van der Waals surface area contributed by atoms with Gasteiger partial charge < -0.3 is 4.74 Å². The molecule has 0 saturated heterocycles.